The number of anilines is 2. The van der Waals surface area contributed by atoms with E-state index in [0.717, 1.165) is 18.8 Å². The summed E-state index contributed by atoms with van der Waals surface area (Å²) in [5.41, 5.74) is 1.57. The van der Waals surface area contributed by atoms with E-state index in [2.05, 4.69) is 10.2 Å². The minimum atomic E-state index is -0.488. The Morgan fingerprint density at radius 3 is 2.43 bits per heavy atom. The third-order valence-corrected chi connectivity index (χ3v) is 5.32. The predicted octanol–water partition coefficient (Wildman–Crippen LogP) is 4.81. The monoisotopic (exact) mass is 434 g/mol. The molecule has 0 radical (unpaired) electrons. The maximum absolute atomic E-state index is 12.4. The van der Waals surface area contributed by atoms with Crippen LogP contribution in [-0.2, 0) is 4.79 Å². The third kappa shape index (κ3) is 5.11. The Balaban J connectivity index is 1.62. The summed E-state index contributed by atoms with van der Waals surface area (Å²) >= 11 is 17.9. The van der Waals surface area contributed by atoms with Crippen LogP contribution in [0.1, 0.15) is 0 Å². The van der Waals surface area contributed by atoms with E-state index in [4.69, 9.17) is 34.8 Å². The molecule has 144 valence electrons. The lowest BCUT2D eigenvalue weighted by Gasteiger charge is -2.35. The third-order valence-electron chi connectivity index (χ3n) is 4.34. The van der Waals surface area contributed by atoms with Crippen LogP contribution in [0.4, 0.5) is 11.4 Å². The SMILES string of the molecule is N#C/C(=C/N1CCN(c2cccc(Cl)c2)CC1)C(=O)Nc1ccc(Cl)c(Cl)c1. The molecule has 0 aromatic heterocycles. The number of carbonyl (C=O) groups excluding carboxylic acids is 1. The van der Waals surface area contributed by atoms with Gasteiger partial charge < -0.3 is 15.1 Å². The molecule has 1 heterocycles. The summed E-state index contributed by atoms with van der Waals surface area (Å²) in [5.74, 6) is -0.488. The van der Waals surface area contributed by atoms with Crippen LogP contribution in [0.15, 0.2) is 54.2 Å². The molecule has 3 rings (SSSR count). The molecular weight excluding hydrogens is 419 g/mol. The molecule has 5 nitrogen and oxygen atoms in total. The molecule has 2 aromatic rings. The first-order valence-electron chi connectivity index (χ1n) is 8.59. The molecule has 0 atom stereocenters. The number of amides is 1. The van der Waals surface area contributed by atoms with Crippen molar-refractivity contribution in [1.82, 2.24) is 4.90 Å². The zero-order valence-electron chi connectivity index (χ0n) is 14.8. The summed E-state index contributed by atoms with van der Waals surface area (Å²) in [5, 5.41) is 13.5. The number of hydrogen-bond donors (Lipinski definition) is 1. The van der Waals surface area contributed by atoms with Gasteiger partial charge in [-0.25, -0.2) is 0 Å². The topological polar surface area (TPSA) is 59.4 Å². The summed E-state index contributed by atoms with van der Waals surface area (Å²) in [4.78, 5) is 16.6. The highest BCUT2D eigenvalue weighted by Gasteiger charge is 2.18. The lowest BCUT2D eigenvalue weighted by atomic mass is 10.2. The summed E-state index contributed by atoms with van der Waals surface area (Å²) in [6.07, 6.45) is 1.60. The van der Waals surface area contributed by atoms with Crippen LogP contribution in [0.2, 0.25) is 15.1 Å². The molecular formula is C20H17Cl3N4O. The Morgan fingerprint density at radius 2 is 1.79 bits per heavy atom. The van der Waals surface area contributed by atoms with Crippen LogP contribution < -0.4 is 10.2 Å². The number of rotatable bonds is 4. The fourth-order valence-corrected chi connectivity index (χ4v) is 3.36. The smallest absolute Gasteiger partial charge is 0.267 e. The number of piperazine rings is 1. The lowest BCUT2D eigenvalue weighted by Crippen LogP contribution is -2.44. The summed E-state index contributed by atoms with van der Waals surface area (Å²) in [6, 6.07) is 14.4. The van der Waals surface area contributed by atoms with Crippen molar-refractivity contribution in [1.29, 1.82) is 5.26 Å². The number of carbonyl (C=O) groups is 1. The van der Waals surface area contributed by atoms with E-state index in [1.165, 1.54) is 0 Å². The Kier molecular flexibility index (Phi) is 6.69. The molecule has 1 fully saturated rings. The van der Waals surface area contributed by atoms with Crippen LogP contribution in [0.25, 0.3) is 0 Å². The molecule has 0 bridgehead atoms. The van der Waals surface area contributed by atoms with Crippen molar-refractivity contribution >= 4 is 52.1 Å². The second-order valence-electron chi connectivity index (χ2n) is 6.24. The second-order valence-corrected chi connectivity index (χ2v) is 7.49. The van der Waals surface area contributed by atoms with Gasteiger partial charge in [0.1, 0.15) is 11.6 Å². The van der Waals surface area contributed by atoms with E-state index in [1.54, 1.807) is 24.4 Å². The average Bonchev–Trinajstić information content (AvgIpc) is 2.69. The first kappa shape index (κ1) is 20.3. The molecule has 1 N–H and O–H groups in total. The van der Waals surface area contributed by atoms with Crippen molar-refractivity contribution < 1.29 is 4.79 Å². The molecule has 0 aliphatic carbocycles. The van der Waals surface area contributed by atoms with Gasteiger partial charge >= 0.3 is 0 Å². The molecule has 8 heteroatoms. The quantitative estimate of drug-likeness (QED) is 0.553. The van der Waals surface area contributed by atoms with Crippen molar-refractivity contribution in [3.8, 4) is 6.07 Å². The van der Waals surface area contributed by atoms with E-state index < -0.39 is 5.91 Å². The van der Waals surface area contributed by atoms with Gasteiger partial charge in [0.2, 0.25) is 0 Å². The molecule has 0 spiro atoms. The van der Waals surface area contributed by atoms with Crippen LogP contribution in [0.3, 0.4) is 0 Å². The molecule has 1 aliphatic heterocycles. The number of halogens is 3. The van der Waals surface area contributed by atoms with Crippen LogP contribution in [0, 0.1) is 11.3 Å². The number of nitrogens with zero attached hydrogens (tertiary/aromatic N) is 3. The summed E-state index contributed by atoms with van der Waals surface area (Å²) in [7, 11) is 0. The van der Waals surface area contributed by atoms with Crippen molar-refractivity contribution in [2.45, 2.75) is 0 Å². The maximum Gasteiger partial charge on any atom is 0.267 e. The first-order valence-corrected chi connectivity index (χ1v) is 9.72. The highest BCUT2D eigenvalue weighted by molar-refractivity contribution is 6.42. The van der Waals surface area contributed by atoms with Crippen LogP contribution in [-0.4, -0.2) is 37.0 Å². The first-order chi connectivity index (χ1) is 13.5. The van der Waals surface area contributed by atoms with Crippen molar-refractivity contribution in [2.24, 2.45) is 0 Å². The largest absolute Gasteiger partial charge is 0.373 e. The van der Waals surface area contributed by atoms with E-state index >= 15 is 0 Å². The molecule has 0 saturated carbocycles. The molecule has 1 saturated heterocycles. The van der Waals surface area contributed by atoms with Gasteiger partial charge in [0.05, 0.1) is 10.0 Å². The van der Waals surface area contributed by atoms with E-state index in [0.29, 0.717) is 33.8 Å². The van der Waals surface area contributed by atoms with Crippen molar-refractivity contribution in [2.75, 3.05) is 36.4 Å². The van der Waals surface area contributed by atoms with Gasteiger partial charge in [0.15, 0.2) is 0 Å². The fraction of sp³-hybridized carbons (Fsp3) is 0.200. The molecule has 0 unspecified atom stereocenters. The maximum atomic E-state index is 12.4. The predicted molar refractivity (Wildman–Crippen MR) is 114 cm³/mol. The lowest BCUT2D eigenvalue weighted by molar-refractivity contribution is -0.112. The molecule has 1 amide bonds. The molecule has 1 aliphatic rings. The van der Waals surface area contributed by atoms with Gasteiger partial charge in [0, 0.05) is 48.8 Å². The van der Waals surface area contributed by atoms with Crippen LogP contribution in [0.5, 0.6) is 0 Å². The number of nitrogens with one attached hydrogen (secondary N) is 1. The van der Waals surface area contributed by atoms with Gasteiger partial charge in [-0.3, -0.25) is 4.79 Å². The van der Waals surface area contributed by atoms with Gasteiger partial charge in [0.25, 0.3) is 5.91 Å². The van der Waals surface area contributed by atoms with Gasteiger partial charge in [-0.1, -0.05) is 40.9 Å². The van der Waals surface area contributed by atoms with E-state index in [-0.39, 0.29) is 5.57 Å². The van der Waals surface area contributed by atoms with Crippen molar-refractivity contribution in [3.05, 3.63) is 69.3 Å². The number of benzene rings is 2. The highest BCUT2D eigenvalue weighted by atomic mass is 35.5. The Labute approximate surface area is 178 Å². The fourth-order valence-electron chi connectivity index (χ4n) is 2.88. The normalized spacial score (nSPS) is 14.6. The second kappa shape index (κ2) is 9.20. The van der Waals surface area contributed by atoms with E-state index in [1.807, 2.05) is 35.2 Å². The highest BCUT2D eigenvalue weighted by Crippen LogP contribution is 2.25. The average molecular weight is 436 g/mol. The van der Waals surface area contributed by atoms with Gasteiger partial charge in [-0.05, 0) is 36.4 Å². The summed E-state index contributed by atoms with van der Waals surface area (Å²) < 4.78 is 0. The standard InChI is InChI=1S/C20H17Cl3N4O/c21-15-2-1-3-17(10-15)27-8-6-26(7-9-27)13-14(12-24)20(28)25-16-4-5-18(22)19(23)11-16/h1-5,10-11,13H,6-9H2,(H,25,28)/b14-13-. The van der Waals surface area contributed by atoms with Crippen LogP contribution >= 0.6 is 34.8 Å². The summed E-state index contributed by atoms with van der Waals surface area (Å²) in [6.45, 7) is 2.92. The van der Waals surface area contributed by atoms with Gasteiger partial charge in [-0.15, -0.1) is 0 Å². The van der Waals surface area contributed by atoms with Crippen molar-refractivity contribution in [3.63, 3.8) is 0 Å². The Hall–Kier alpha value is -2.39. The van der Waals surface area contributed by atoms with Gasteiger partial charge in [-0.2, -0.15) is 5.26 Å². The zero-order chi connectivity index (χ0) is 20.1. The number of hydrogen-bond acceptors (Lipinski definition) is 4. The molecule has 2 aromatic carbocycles. The zero-order valence-corrected chi connectivity index (χ0v) is 17.1. The minimum absolute atomic E-state index is 0.0299. The Bertz CT molecular complexity index is 947. The number of nitriles is 1. The minimum Gasteiger partial charge on any atom is -0.373 e. The Morgan fingerprint density at radius 1 is 1.04 bits per heavy atom. The van der Waals surface area contributed by atoms with E-state index in [9.17, 15) is 10.1 Å². The molecule has 28 heavy (non-hydrogen) atoms.